The van der Waals surface area contributed by atoms with E-state index in [4.69, 9.17) is 33.2 Å². The summed E-state index contributed by atoms with van der Waals surface area (Å²) in [6.07, 6.45) is 10.4. The van der Waals surface area contributed by atoms with E-state index >= 15 is 0 Å². The van der Waals surface area contributed by atoms with Crippen LogP contribution in [0.5, 0.6) is 0 Å². The van der Waals surface area contributed by atoms with Gasteiger partial charge in [-0.2, -0.15) is 0 Å². The van der Waals surface area contributed by atoms with E-state index in [0.29, 0.717) is 36.8 Å². The predicted molar refractivity (Wildman–Crippen MR) is 152 cm³/mol. The number of hydrogen-bond donors (Lipinski definition) is 0. The van der Waals surface area contributed by atoms with Gasteiger partial charge >= 0.3 is 0 Å². The number of rotatable bonds is 6. The van der Waals surface area contributed by atoms with Crippen molar-refractivity contribution in [2.45, 2.75) is 61.7 Å². The van der Waals surface area contributed by atoms with E-state index in [2.05, 4.69) is 9.97 Å². The van der Waals surface area contributed by atoms with Crippen molar-refractivity contribution in [1.29, 1.82) is 0 Å². The van der Waals surface area contributed by atoms with E-state index in [0.717, 1.165) is 74.1 Å². The quantitative estimate of drug-likeness (QED) is 0.192. The van der Waals surface area contributed by atoms with Gasteiger partial charge in [-0.25, -0.2) is 19.9 Å². The molecule has 0 bridgehead atoms. The van der Waals surface area contributed by atoms with Crippen LogP contribution in [0.4, 0.5) is 0 Å². The Kier molecular flexibility index (Phi) is 7.79. The fourth-order valence-corrected chi connectivity index (χ4v) is 7.31. The Morgan fingerprint density at radius 2 is 1.13 bits per heavy atom. The third-order valence-electron chi connectivity index (χ3n) is 6.88. The third kappa shape index (κ3) is 5.39. The van der Waals surface area contributed by atoms with Crippen LogP contribution in [0, 0.1) is 0 Å². The van der Waals surface area contributed by atoms with Crippen LogP contribution in [0.2, 0.25) is 10.0 Å². The molecule has 0 atom stereocenters. The second-order valence-electron chi connectivity index (χ2n) is 9.40. The number of imidazole rings is 2. The minimum Gasteiger partial charge on any atom is -0.266 e. The zero-order valence-electron chi connectivity index (χ0n) is 20.9. The van der Waals surface area contributed by atoms with Gasteiger partial charge in [0.15, 0.2) is 10.3 Å². The number of pyridine rings is 2. The van der Waals surface area contributed by atoms with E-state index in [1.807, 2.05) is 0 Å². The third-order valence-corrected chi connectivity index (χ3v) is 9.33. The van der Waals surface area contributed by atoms with Crippen molar-refractivity contribution >= 4 is 58.5 Å². The molecule has 12 heteroatoms. The Morgan fingerprint density at radius 1 is 0.692 bits per heavy atom. The molecule has 4 aromatic rings. The zero-order valence-corrected chi connectivity index (χ0v) is 24.0. The SMILES string of the molecule is O=C(c1ccc(Cl)cn1)n1c(SCSc2nc3c(n2C(=O)c2ccc(Cl)cn2)CCCC3)nc2c1CCCC2. The van der Waals surface area contributed by atoms with E-state index < -0.39 is 0 Å². The summed E-state index contributed by atoms with van der Waals surface area (Å²) in [6, 6.07) is 6.62. The van der Waals surface area contributed by atoms with Crippen molar-refractivity contribution in [3.63, 3.8) is 0 Å². The molecule has 4 heterocycles. The molecule has 0 N–H and O–H groups in total. The summed E-state index contributed by atoms with van der Waals surface area (Å²) >= 11 is 14.9. The predicted octanol–water partition coefficient (Wildman–Crippen LogP) is 6.15. The molecule has 39 heavy (non-hydrogen) atoms. The lowest BCUT2D eigenvalue weighted by Gasteiger charge is -2.14. The summed E-state index contributed by atoms with van der Waals surface area (Å²) in [5.74, 6) is -0.424. The molecular weight excluding hydrogens is 575 g/mol. The van der Waals surface area contributed by atoms with E-state index in [1.54, 1.807) is 33.4 Å². The largest absolute Gasteiger partial charge is 0.282 e. The van der Waals surface area contributed by atoms with Crippen LogP contribution in [-0.2, 0) is 25.7 Å². The Balaban J connectivity index is 1.28. The second-order valence-corrected chi connectivity index (χ2v) is 12.5. The van der Waals surface area contributed by atoms with Crippen LogP contribution in [0.25, 0.3) is 0 Å². The van der Waals surface area contributed by atoms with Crippen LogP contribution in [0.3, 0.4) is 0 Å². The van der Waals surface area contributed by atoms with Gasteiger partial charge in [-0.15, -0.1) is 0 Å². The molecule has 4 aromatic heterocycles. The number of aryl methyl sites for hydroxylation is 2. The molecular formula is C27H24Cl2N6O2S2. The lowest BCUT2D eigenvalue weighted by Crippen LogP contribution is -2.19. The van der Waals surface area contributed by atoms with Crippen molar-refractivity contribution in [2.24, 2.45) is 0 Å². The van der Waals surface area contributed by atoms with Gasteiger partial charge in [-0.1, -0.05) is 46.7 Å². The van der Waals surface area contributed by atoms with Crippen molar-refractivity contribution < 1.29 is 9.59 Å². The van der Waals surface area contributed by atoms with Crippen molar-refractivity contribution in [2.75, 3.05) is 5.08 Å². The summed E-state index contributed by atoms with van der Waals surface area (Å²) in [4.78, 5) is 45.2. The molecule has 0 unspecified atom stereocenters. The minimum absolute atomic E-state index is 0.212. The second kappa shape index (κ2) is 11.4. The van der Waals surface area contributed by atoms with Crippen LogP contribution in [0.1, 0.15) is 69.4 Å². The summed E-state index contributed by atoms with van der Waals surface area (Å²) in [5, 5.41) is 2.74. The summed E-state index contributed by atoms with van der Waals surface area (Å²) in [7, 11) is 0. The first-order valence-corrected chi connectivity index (χ1v) is 15.5. The van der Waals surface area contributed by atoms with Crippen molar-refractivity contribution in [3.05, 3.63) is 80.9 Å². The van der Waals surface area contributed by atoms with E-state index in [-0.39, 0.29) is 11.8 Å². The standard InChI is InChI=1S/C27H24Cl2N6O2S2/c28-16-9-11-20(30-13-16)24(36)34-22-7-3-1-5-18(22)32-26(34)38-15-39-27-33-19-6-2-4-8-23(19)35(27)25(37)21-12-10-17(29)14-31-21/h9-14H,1-8,15H2. The first-order chi connectivity index (χ1) is 19.0. The fraction of sp³-hybridized carbons (Fsp3) is 0.333. The maximum atomic E-state index is 13.5. The molecule has 0 aliphatic heterocycles. The molecule has 8 nitrogen and oxygen atoms in total. The maximum absolute atomic E-state index is 13.5. The number of fused-ring (bicyclic) bond motifs is 2. The zero-order chi connectivity index (χ0) is 26.9. The Morgan fingerprint density at radius 3 is 1.54 bits per heavy atom. The van der Waals surface area contributed by atoms with Crippen molar-refractivity contribution in [3.8, 4) is 0 Å². The number of aromatic nitrogens is 6. The van der Waals surface area contributed by atoms with E-state index in [9.17, 15) is 9.59 Å². The lowest BCUT2D eigenvalue weighted by molar-refractivity contribution is 0.0933. The fourth-order valence-electron chi connectivity index (χ4n) is 5.01. The molecule has 0 aromatic carbocycles. The minimum atomic E-state index is -0.212. The Hall–Kier alpha value is -2.66. The van der Waals surface area contributed by atoms with Crippen molar-refractivity contribution in [1.82, 2.24) is 29.1 Å². The van der Waals surface area contributed by atoms with Gasteiger partial charge in [0.25, 0.3) is 11.8 Å². The smallest absolute Gasteiger partial charge is 0.266 e. The number of nitrogens with zero attached hydrogens (tertiary/aromatic N) is 6. The van der Waals surface area contributed by atoms with E-state index in [1.165, 1.54) is 35.9 Å². The van der Waals surface area contributed by atoms with Crippen LogP contribution < -0.4 is 0 Å². The highest BCUT2D eigenvalue weighted by Crippen LogP contribution is 2.34. The molecule has 200 valence electrons. The van der Waals surface area contributed by atoms with Crippen LogP contribution in [-0.4, -0.2) is 46.0 Å². The molecule has 2 aliphatic carbocycles. The van der Waals surface area contributed by atoms with Crippen LogP contribution in [0.15, 0.2) is 47.0 Å². The van der Waals surface area contributed by atoms with Crippen LogP contribution >= 0.6 is 46.7 Å². The molecule has 0 saturated heterocycles. The van der Waals surface area contributed by atoms with Gasteiger partial charge in [0, 0.05) is 23.8 Å². The normalized spacial score (nSPS) is 14.6. The molecule has 0 amide bonds. The highest BCUT2D eigenvalue weighted by Gasteiger charge is 2.28. The first-order valence-electron chi connectivity index (χ1n) is 12.8. The Bertz CT molecular complexity index is 1430. The first kappa shape index (κ1) is 26.6. The topological polar surface area (TPSA) is 95.6 Å². The maximum Gasteiger partial charge on any atom is 0.282 e. The van der Waals surface area contributed by atoms with Gasteiger partial charge in [-0.3, -0.25) is 18.7 Å². The van der Waals surface area contributed by atoms with Gasteiger partial charge < -0.3 is 0 Å². The number of carbonyl (C=O) groups excluding carboxylic acids is 2. The Labute approximate surface area is 243 Å². The van der Waals surface area contributed by atoms with Gasteiger partial charge in [0.2, 0.25) is 0 Å². The summed E-state index contributed by atoms with van der Waals surface area (Å²) in [6.45, 7) is 0. The number of thioether (sulfide) groups is 2. The molecule has 0 saturated carbocycles. The number of hydrogen-bond acceptors (Lipinski definition) is 8. The summed E-state index contributed by atoms with van der Waals surface area (Å²) < 4.78 is 3.41. The summed E-state index contributed by atoms with van der Waals surface area (Å²) in [5.41, 5.74) is 4.50. The number of carbonyl (C=O) groups is 2. The molecule has 0 spiro atoms. The number of halogens is 2. The average Bonchev–Trinajstić information content (AvgIpc) is 3.51. The van der Waals surface area contributed by atoms with Gasteiger partial charge in [0.05, 0.1) is 26.5 Å². The molecule has 6 rings (SSSR count). The lowest BCUT2D eigenvalue weighted by atomic mass is 10.0. The monoisotopic (exact) mass is 598 g/mol. The molecule has 0 radical (unpaired) electrons. The molecule has 2 aliphatic rings. The average molecular weight is 600 g/mol. The van der Waals surface area contributed by atoms with Gasteiger partial charge in [0.1, 0.15) is 11.4 Å². The van der Waals surface area contributed by atoms with Gasteiger partial charge in [-0.05, 0) is 75.6 Å². The molecule has 0 fully saturated rings. The highest BCUT2D eigenvalue weighted by molar-refractivity contribution is 8.15. The highest BCUT2D eigenvalue weighted by atomic mass is 35.5.